The average Bonchev–Trinajstić information content (AvgIpc) is 2.46. The second-order valence-electron chi connectivity index (χ2n) is 6.24. The summed E-state index contributed by atoms with van der Waals surface area (Å²) in [6.07, 6.45) is 0.979. The molecule has 1 unspecified atom stereocenters. The van der Waals surface area contributed by atoms with E-state index in [1.807, 2.05) is 0 Å². The minimum atomic E-state index is -2.23. The molecule has 0 aliphatic rings. The molecule has 3 heteroatoms. The average molecular weight is 351 g/mol. The lowest BCUT2D eigenvalue weighted by atomic mass is 9.98. The lowest BCUT2D eigenvalue weighted by Crippen LogP contribution is -2.22. The summed E-state index contributed by atoms with van der Waals surface area (Å²) in [6.45, 7) is 4.31. The second kappa shape index (κ2) is 7.67. The Bertz CT molecular complexity index is 622. The first-order chi connectivity index (χ1) is 10.4. The van der Waals surface area contributed by atoms with Crippen molar-refractivity contribution in [2.45, 2.75) is 45.2 Å². The highest BCUT2D eigenvalue weighted by molar-refractivity contribution is 7.45. The van der Waals surface area contributed by atoms with Crippen LogP contribution in [-0.4, -0.2) is 6.69 Å². The summed E-state index contributed by atoms with van der Waals surface area (Å²) in [6, 6.07) is 18.8. The van der Waals surface area contributed by atoms with Crippen molar-refractivity contribution in [1.29, 1.82) is 0 Å². The van der Waals surface area contributed by atoms with Gasteiger partial charge in [-0.15, -0.1) is 22.2 Å². The van der Waals surface area contributed by atoms with Crippen LogP contribution in [0.25, 0.3) is 0 Å². The lowest BCUT2D eigenvalue weighted by molar-refractivity contribution is 0.839. The van der Waals surface area contributed by atoms with Gasteiger partial charge in [-0.25, -0.2) is 0 Å². The van der Waals surface area contributed by atoms with E-state index in [0.29, 0.717) is 5.92 Å². The van der Waals surface area contributed by atoms with E-state index in [-0.39, 0.29) is 0 Å². The van der Waals surface area contributed by atoms with Crippen LogP contribution >= 0.6 is 22.2 Å². The topological polar surface area (TPSA) is 0 Å². The molecular weight excluding hydrogens is 327 g/mol. The van der Waals surface area contributed by atoms with Crippen molar-refractivity contribution in [2.24, 2.45) is 0 Å². The van der Waals surface area contributed by atoms with E-state index in [4.69, 9.17) is 22.2 Å². The number of halogens is 2. The molecule has 1 atom stereocenters. The van der Waals surface area contributed by atoms with Crippen molar-refractivity contribution >= 4 is 28.9 Å². The van der Waals surface area contributed by atoms with E-state index >= 15 is 0 Å². The zero-order chi connectivity index (χ0) is 16.2. The minimum absolute atomic E-state index is 0.416. The molecule has 0 nitrogen and oxygen atoms in total. The first-order valence-electron chi connectivity index (χ1n) is 7.87. The maximum Gasteiger partial charge on any atom is 0.252 e. The summed E-state index contributed by atoms with van der Waals surface area (Å²) >= 11 is 13.5. The van der Waals surface area contributed by atoms with Crippen LogP contribution in [0.5, 0.6) is 0 Å². The first-order valence-corrected chi connectivity index (χ1v) is 12.3. The predicted octanol–water partition coefficient (Wildman–Crippen LogP) is 6.57. The fourth-order valence-electron chi connectivity index (χ4n) is 3.01. The molecule has 0 N–H and O–H groups in total. The molecule has 0 aliphatic carbocycles. The van der Waals surface area contributed by atoms with E-state index in [1.165, 1.54) is 22.3 Å². The third kappa shape index (κ3) is 4.87. The highest BCUT2D eigenvalue weighted by atomic mass is 35.7. The molecule has 0 aromatic heterocycles. The summed E-state index contributed by atoms with van der Waals surface area (Å²) in [4.78, 5) is 0. The van der Waals surface area contributed by atoms with Crippen molar-refractivity contribution in [1.82, 2.24) is 0 Å². The van der Waals surface area contributed by atoms with Gasteiger partial charge in [0.1, 0.15) is 0 Å². The number of aryl methyl sites for hydroxylation is 3. The van der Waals surface area contributed by atoms with Crippen molar-refractivity contribution in [2.75, 3.05) is 0 Å². The standard InChI is InChI=1S/C19H24Cl2Si/c1-15-8-4-6-10-18(15)12-13-22(20,21)14-17(3)19-11-7-5-9-16(19)2/h4-11,17H,12-14H2,1-3H3. The van der Waals surface area contributed by atoms with Gasteiger partial charge in [-0.05, 0) is 60.5 Å². The molecule has 0 fully saturated rings. The molecule has 2 aromatic carbocycles. The van der Waals surface area contributed by atoms with Crippen LogP contribution in [0.1, 0.15) is 35.1 Å². The van der Waals surface area contributed by atoms with E-state index in [9.17, 15) is 0 Å². The number of hydrogen-bond acceptors (Lipinski definition) is 0. The van der Waals surface area contributed by atoms with Gasteiger partial charge in [-0.1, -0.05) is 55.5 Å². The van der Waals surface area contributed by atoms with Crippen LogP contribution in [0.15, 0.2) is 48.5 Å². The maximum atomic E-state index is 6.74. The van der Waals surface area contributed by atoms with E-state index in [0.717, 1.165) is 18.5 Å². The van der Waals surface area contributed by atoms with E-state index in [1.54, 1.807) is 0 Å². The van der Waals surface area contributed by atoms with Gasteiger partial charge in [0.2, 0.25) is 0 Å². The molecule has 22 heavy (non-hydrogen) atoms. The monoisotopic (exact) mass is 350 g/mol. The minimum Gasteiger partial charge on any atom is -0.146 e. The Morgan fingerprint density at radius 2 is 1.50 bits per heavy atom. The van der Waals surface area contributed by atoms with Crippen LogP contribution in [0, 0.1) is 13.8 Å². The molecule has 118 valence electrons. The quantitative estimate of drug-likeness (QED) is 0.408. The Kier molecular flexibility index (Phi) is 6.14. The Morgan fingerprint density at radius 3 is 2.14 bits per heavy atom. The van der Waals surface area contributed by atoms with Gasteiger partial charge >= 0.3 is 0 Å². The molecule has 2 rings (SSSR count). The highest BCUT2D eigenvalue weighted by Crippen LogP contribution is 2.36. The van der Waals surface area contributed by atoms with Crippen molar-refractivity contribution in [3.05, 3.63) is 70.8 Å². The van der Waals surface area contributed by atoms with E-state index < -0.39 is 6.69 Å². The molecule has 0 radical (unpaired) electrons. The predicted molar refractivity (Wildman–Crippen MR) is 102 cm³/mol. The highest BCUT2D eigenvalue weighted by Gasteiger charge is 2.31. The Balaban J connectivity index is 1.99. The lowest BCUT2D eigenvalue weighted by Gasteiger charge is -2.23. The fourth-order valence-corrected chi connectivity index (χ4v) is 6.92. The Hall–Kier alpha value is -0.763. The zero-order valence-corrected chi connectivity index (χ0v) is 16.1. The Morgan fingerprint density at radius 1 is 0.909 bits per heavy atom. The first kappa shape index (κ1) is 17.6. The van der Waals surface area contributed by atoms with Crippen LogP contribution in [0.3, 0.4) is 0 Å². The van der Waals surface area contributed by atoms with Crippen LogP contribution in [0.4, 0.5) is 0 Å². The van der Waals surface area contributed by atoms with Gasteiger partial charge in [-0.2, -0.15) is 0 Å². The smallest absolute Gasteiger partial charge is 0.146 e. The summed E-state index contributed by atoms with van der Waals surface area (Å²) in [7, 11) is 0. The second-order valence-corrected chi connectivity index (χ2v) is 13.8. The van der Waals surface area contributed by atoms with Crippen molar-refractivity contribution < 1.29 is 0 Å². The largest absolute Gasteiger partial charge is 0.252 e. The van der Waals surface area contributed by atoms with Crippen molar-refractivity contribution in [3.8, 4) is 0 Å². The van der Waals surface area contributed by atoms with Gasteiger partial charge in [0.05, 0.1) is 0 Å². The molecule has 0 heterocycles. The summed E-state index contributed by atoms with van der Waals surface area (Å²) in [5, 5.41) is 0. The van der Waals surface area contributed by atoms with Gasteiger partial charge < -0.3 is 0 Å². The van der Waals surface area contributed by atoms with Gasteiger partial charge in [-0.3, -0.25) is 0 Å². The normalized spacial score (nSPS) is 13.1. The number of hydrogen-bond donors (Lipinski definition) is 0. The molecule has 0 saturated heterocycles. The molecule has 2 aromatic rings. The van der Waals surface area contributed by atoms with Gasteiger partial charge in [0, 0.05) is 0 Å². The Labute approximate surface area is 144 Å². The van der Waals surface area contributed by atoms with E-state index in [2.05, 4.69) is 69.3 Å². The van der Waals surface area contributed by atoms with Crippen LogP contribution in [0.2, 0.25) is 12.1 Å². The summed E-state index contributed by atoms with van der Waals surface area (Å²) in [5.41, 5.74) is 5.39. The molecule has 0 amide bonds. The van der Waals surface area contributed by atoms with Gasteiger partial charge in [0.25, 0.3) is 6.69 Å². The third-order valence-corrected chi connectivity index (χ3v) is 8.60. The number of rotatable bonds is 6. The molecular formula is C19H24Cl2Si. The van der Waals surface area contributed by atoms with Gasteiger partial charge in [0.15, 0.2) is 0 Å². The zero-order valence-electron chi connectivity index (χ0n) is 13.6. The molecule has 0 spiro atoms. The molecule has 0 saturated carbocycles. The van der Waals surface area contributed by atoms with Crippen LogP contribution in [-0.2, 0) is 6.42 Å². The summed E-state index contributed by atoms with van der Waals surface area (Å²) in [5.74, 6) is 0.416. The fraction of sp³-hybridized carbons (Fsp3) is 0.368. The third-order valence-electron chi connectivity index (χ3n) is 4.35. The van der Waals surface area contributed by atoms with Crippen molar-refractivity contribution in [3.63, 3.8) is 0 Å². The summed E-state index contributed by atoms with van der Waals surface area (Å²) < 4.78 is 0. The maximum absolute atomic E-state index is 6.74. The molecule has 0 bridgehead atoms. The van der Waals surface area contributed by atoms with Crippen LogP contribution < -0.4 is 0 Å². The molecule has 0 aliphatic heterocycles. The SMILES string of the molecule is Cc1ccccc1CC[Si](Cl)(Cl)CC(C)c1ccccc1C. The number of benzene rings is 2.